The number of aliphatic hydroxyl groups is 1. The first-order valence-corrected chi connectivity index (χ1v) is 5.85. The molecule has 0 aliphatic rings. The molecular formula is C13H20N2O3. The number of phenolic OH excluding ortho intramolecular Hbond substituents is 1. The highest BCUT2D eigenvalue weighted by molar-refractivity contribution is 5.98. The van der Waals surface area contributed by atoms with Crippen LogP contribution in [0.4, 0.5) is 5.69 Å². The number of anilines is 1. The molecule has 0 radical (unpaired) electrons. The summed E-state index contributed by atoms with van der Waals surface area (Å²) in [7, 11) is 0. The van der Waals surface area contributed by atoms with Gasteiger partial charge >= 0.3 is 0 Å². The predicted octanol–water partition coefficient (Wildman–Crippen LogP) is 1.21. The topological polar surface area (TPSA) is 86.8 Å². The standard InChI is InChI=1S/C13H20N2O3/c1-4-15(8-13(2,3)18)12(17)9-6-5-7-10(14)11(9)16/h5-7,16,18H,4,8,14H2,1-3H3. The first-order chi connectivity index (χ1) is 8.26. The second-order valence-corrected chi connectivity index (χ2v) is 4.88. The molecule has 100 valence electrons. The lowest BCUT2D eigenvalue weighted by atomic mass is 10.1. The number of rotatable bonds is 4. The lowest BCUT2D eigenvalue weighted by Gasteiger charge is -2.28. The van der Waals surface area contributed by atoms with E-state index in [4.69, 9.17) is 5.73 Å². The van der Waals surface area contributed by atoms with Crippen LogP contribution in [0.5, 0.6) is 5.75 Å². The van der Waals surface area contributed by atoms with Crippen molar-refractivity contribution in [2.45, 2.75) is 26.4 Å². The highest BCUT2D eigenvalue weighted by atomic mass is 16.3. The van der Waals surface area contributed by atoms with E-state index in [-0.39, 0.29) is 29.5 Å². The molecule has 5 nitrogen and oxygen atoms in total. The van der Waals surface area contributed by atoms with Gasteiger partial charge in [0.25, 0.3) is 5.91 Å². The Balaban J connectivity index is 3.01. The summed E-state index contributed by atoms with van der Waals surface area (Å²) in [6.45, 7) is 5.70. The van der Waals surface area contributed by atoms with Gasteiger partial charge in [-0.05, 0) is 32.9 Å². The molecule has 0 saturated heterocycles. The van der Waals surface area contributed by atoms with Crippen LogP contribution in [0.25, 0.3) is 0 Å². The number of para-hydroxylation sites is 1. The Kier molecular flexibility index (Phi) is 4.19. The summed E-state index contributed by atoms with van der Waals surface area (Å²) in [6, 6.07) is 4.65. The molecule has 0 unspecified atom stereocenters. The van der Waals surface area contributed by atoms with Gasteiger partial charge in [0.05, 0.1) is 16.9 Å². The fourth-order valence-electron chi connectivity index (χ4n) is 1.70. The van der Waals surface area contributed by atoms with E-state index in [2.05, 4.69) is 0 Å². The third-order valence-corrected chi connectivity index (χ3v) is 2.54. The van der Waals surface area contributed by atoms with Gasteiger partial charge in [0, 0.05) is 13.1 Å². The lowest BCUT2D eigenvalue weighted by molar-refractivity contribution is 0.0313. The van der Waals surface area contributed by atoms with E-state index in [9.17, 15) is 15.0 Å². The largest absolute Gasteiger partial charge is 0.505 e. The number of hydrogen-bond donors (Lipinski definition) is 3. The van der Waals surface area contributed by atoms with Crippen molar-refractivity contribution in [3.8, 4) is 5.75 Å². The molecule has 0 saturated carbocycles. The van der Waals surface area contributed by atoms with E-state index in [0.29, 0.717) is 6.54 Å². The Bertz CT molecular complexity index is 438. The number of carbonyl (C=O) groups is 1. The van der Waals surface area contributed by atoms with Crippen LogP contribution in [0, 0.1) is 0 Å². The molecule has 0 bridgehead atoms. The first-order valence-electron chi connectivity index (χ1n) is 5.85. The number of nitrogen functional groups attached to an aromatic ring is 1. The van der Waals surface area contributed by atoms with E-state index < -0.39 is 5.60 Å². The minimum atomic E-state index is -0.985. The van der Waals surface area contributed by atoms with Crippen molar-refractivity contribution in [3.63, 3.8) is 0 Å². The number of aromatic hydroxyl groups is 1. The van der Waals surface area contributed by atoms with Crippen LogP contribution in [0.2, 0.25) is 0 Å². The van der Waals surface area contributed by atoms with Crippen LogP contribution in [0.1, 0.15) is 31.1 Å². The van der Waals surface area contributed by atoms with Crippen molar-refractivity contribution < 1.29 is 15.0 Å². The molecule has 18 heavy (non-hydrogen) atoms. The normalized spacial score (nSPS) is 11.3. The number of carbonyl (C=O) groups excluding carboxylic acids is 1. The number of benzene rings is 1. The zero-order chi connectivity index (χ0) is 13.9. The summed E-state index contributed by atoms with van der Waals surface area (Å²) in [4.78, 5) is 13.7. The molecule has 0 fully saturated rings. The SMILES string of the molecule is CCN(CC(C)(C)O)C(=O)c1cccc(N)c1O. The van der Waals surface area contributed by atoms with E-state index >= 15 is 0 Å². The summed E-state index contributed by atoms with van der Waals surface area (Å²) in [5.74, 6) is -0.555. The average molecular weight is 252 g/mol. The van der Waals surface area contributed by atoms with E-state index in [1.807, 2.05) is 6.92 Å². The molecule has 1 aromatic rings. The molecular weight excluding hydrogens is 232 g/mol. The maximum absolute atomic E-state index is 12.2. The summed E-state index contributed by atoms with van der Waals surface area (Å²) < 4.78 is 0. The molecule has 0 aromatic heterocycles. The zero-order valence-electron chi connectivity index (χ0n) is 11.0. The van der Waals surface area contributed by atoms with Gasteiger partial charge in [-0.25, -0.2) is 0 Å². The monoisotopic (exact) mass is 252 g/mol. The first kappa shape index (κ1) is 14.3. The van der Waals surface area contributed by atoms with Gasteiger partial charge in [0.1, 0.15) is 0 Å². The number of nitrogens with two attached hydrogens (primary N) is 1. The number of hydrogen-bond acceptors (Lipinski definition) is 4. The van der Waals surface area contributed by atoms with Crippen molar-refractivity contribution >= 4 is 11.6 Å². The van der Waals surface area contributed by atoms with Gasteiger partial charge in [-0.15, -0.1) is 0 Å². The molecule has 0 heterocycles. The average Bonchev–Trinajstić information content (AvgIpc) is 2.27. The fourth-order valence-corrected chi connectivity index (χ4v) is 1.70. The smallest absolute Gasteiger partial charge is 0.257 e. The predicted molar refractivity (Wildman–Crippen MR) is 70.4 cm³/mol. The van der Waals surface area contributed by atoms with Crippen LogP contribution < -0.4 is 5.73 Å². The van der Waals surface area contributed by atoms with E-state index in [0.717, 1.165) is 0 Å². The minimum absolute atomic E-state index is 0.154. The molecule has 0 spiro atoms. The maximum Gasteiger partial charge on any atom is 0.257 e. The van der Waals surface area contributed by atoms with Gasteiger partial charge < -0.3 is 20.8 Å². The number of likely N-dealkylation sites (N-methyl/N-ethyl adjacent to an activating group) is 1. The van der Waals surface area contributed by atoms with Crippen LogP contribution in [-0.4, -0.2) is 39.7 Å². The molecule has 0 aliphatic heterocycles. The molecule has 1 amide bonds. The Morgan fingerprint density at radius 3 is 2.56 bits per heavy atom. The van der Waals surface area contributed by atoms with Gasteiger partial charge in [0.15, 0.2) is 5.75 Å². The third-order valence-electron chi connectivity index (χ3n) is 2.54. The summed E-state index contributed by atoms with van der Waals surface area (Å²) >= 11 is 0. The molecule has 0 aliphatic carbocycles. The van der Waals surface area contributed by atoms with Crippen molar-refractivity contribution in [2.24, 2.45) is 0 Å². The van der Waals surface area contributed by atoms with Crippen molar-refractivity contribution in [2.75, 3.05) is 18.8 Å². The third kappa shape index (κ3) is 3.37. The Labute approximate surface area is 107 Å². The van der Waals surface area contributed by atoms with Crippen LogP contribution in [0.3, 0.4) is 0 Å². The van der Waals surface area contributed by atoms with Crippen molar-refractivity contribution in [1.29, 1.82) is 0 Å². The molecule has 4 N–H and O–H groups in total. The van der Waals surface area contributed by atoms with Crippen LogP contribution in [0.15, 0.2) is 18.2 Å². The molecule has 5 heteroatoms. The molecule has 0 atom stereocenters. The van der Waals surface area contributed by atoms with Crippen LogP contribution in [-0.2, 0) is 0 Å². The van der Waals surface area contributed by atoms with Crippen molar-refractivity contribution in [1.82, 2.24) is 4.90 Å². The fraction of sp³-hybridized carbons (Fsp3) is 0.462. The number of amides is 1. The Morgan fingerprint density at radius 1 is 1.44 bits per heavy atom. The minimum Gasteiger partial charge on any atom is -0.505 e. The van der Waals surface area contributed by atoms with Gasteiger partial charge in [-0.2, -0.15) is 0 Å². The quantitative estimate of drug-likeness (QED) is 0.555. The summed E-state index contributed by atoms with van der Waals surface area (Å²) in [5.41, 5.74) is 4.89. The van der Waals surface area contributed by atoms with Crippen molar-refractivity contribution in [3.05, 3.63) is 23.8 Å². The second-order valence-electron chi connectivity index (χ2n) is 4.88. The lowest BCUT2D eigenvalue weighted by Crippen LogP contribution is -2.42. The van der Waals surface area contributed by atoms with E-state index in [1.54, 1.807) is 19.9 Å². The van der Waals surface area contributed by atoms with Crippen LogP contribution >= 0.6 is 0 Å². The summed E-state index contributed by atoms with van der Waals surface area (Å²) in [6.07, 6.45) is 0. The number of phenols is 1. The molecule has 1 rings (SSSR count). The van der Waals surface area contributed by atoms with Gasteiger partial charge in [0.2, 0.25) is 0 Å². The number of nitrogens with zero attached hydrogens (tertiary/aromatic N) is 1. The second kappa shape index (κ2) is 5.27. The highest BCUT2D eigenvalue weighted by Crippen LogP contribution is 2.26. The molecule has 1 aromatic carbocycles. The Hall–Kier alpha value is -1.75. The van der Waals surface area contributed by atoms with Gasteiger partial charge in [-0.3, -0.25) is 4.79 Å². The highest BCUT2D eigenvalue weighted by Gasteiger charge is 2.24. The maximum atomic E-state index is 12.2. The van der Waals surface area contributed by atoms with Gasteiger partial charge in [-0.1, -0.05) is 6.07 Å². The summed E-state index contributed by atoms with van der Waals surface area (Å²) in [5, 5.41) is 19.5. The Morgan fingerprint density at radius 2 is 2.06 bits per heavy atom. The zero-order valence-corrected chi connectivity index (χ0v) is 11.0. The van der Waals surface area contributed by atoms with E-state index in [1.165, 1.54) is 17.0 Å².